The number of rotatable bonds is 5. The number of hydrogen-bond donors (Lipinski definition) is 2. The molecule has 2 heterocycles. The van der Waals surface area contributed by atoms with Crippen molar-refractivity contribution >= 4 is 17.7 Å². The average Bonchev–Trinajstić information content (AvgIpc) is 2.90. The van der Waals surface area contributed by atoms with Gasteiger partial charge in [0.2, 0.25) is 0 Å². The van der Waals surface area contributed by atoms with Crippen LogP contribution in [0.25, 0.3) is 11.5 Å². The molecule has 3 rings (SSSR count). The maximum absolute atomic E-state index is 10.6. The van der Waals surface area contributed by atoms with Crippen LogP contribution in [0.5, 0.6) is 0 Å². The first-order chi connectivity index (χ1) is 8.75. The monoisotopic (exact) mass is 265 g/mol. The lowest BCUT2D eigenvalue weighted by Crippen LogP contribution is -2.03. The molecule has 2 N–H and O–H groups in total. The molecule has 2 aromatic rings. The first-order valence-corrected chi connectivity index (χ1v) is 6.53. The summed E-state index contributed by atoms with van der Waals surface area (Å²) < 4.78 is 2.00. The van der Waals surface area contributed by atoms with Gasteiger partial charge in [0, 0.05) is 12.2 Å². The Labute approximate surface area is 107 Å². The largest absolute Gasteiger partial charge is 0.481 e. The van der Waals surface area contributed by atoms with Crippen LogP contribution in [-0.2, 0) is 4.79 Å². The standard InChI is InChI=1S/C10H11N5O2S/c16-8(17)5-18-10-14-13-9(7-3-4-11-12-7)15(10)6-1-2-6/h3-4,6H,1-2,5H2,(H,11,12)(H,16,17). The van der Waals surface area contributed by atoms with Gasteiger partial charge < -0.3 is 5.11 Å². The maximum Gasteiger partial charge on any atom is 0.313 e. The minimum atomic E-state index is -0.853. The number of nitrogens with zero attached hydrogens (tertiary/aromatic N) is 4. The SMILES string of the molecule is O=C(O)CSc1nnc(-c2ccn[nH]2)n1C1CC1. The van der Waals surface area contributed by atoms with E-state index >= 15 is 0 Å². The number of carboxylic acid groups (broad SMARTS) is 1. The molecular weight excluding hydrogens is 254 g/mol. The molecule has 0 aliphatic heterocycles. The number of carbonyl (C=O) groups is 1. The molecule has 1 aliphatic rings. The third-order valence-electron chi connectivity index (χ3n) is 2.64. The lowest BCUT2D eigenvalue weighted by molar-refractivity contribution is -0.133. The molecule has 94 valence electrons. The predicted molar refractivity (Wildman–Crippen MR) is 64.2 cm³/mol. The van der Waals surface area contributed by atoms with Gasteiger partial charge in [-0.3, -0.25) is 14.5 Å². The van der Waals surface area contributed by atoms with E-state index in [1.54, 1.807) is 6.20 Å². The highest BCUT2D eigenvalue weighted by atomic mass is 32.2. The van der Waals surface area contributed by atoms with Crippen LogP contribution >= 0.6 is 11.8 Å². The second-order valence-corrected chi connectivity index (χ2v) is 5.00. The van der Waals surface area contributed by atoms with Crippen molar-refractivity contribution in [1.29, 1.82) is 0 Å². The lowest BCUT2D eigenvalue weighted by atomic mass is 10.4. The van der Waals surface area contributed by atoms with E-state index in [-0.39, 0.29) is 5.75 Å². The molecule has 0 atom stereocenters. The van der Waals surface area contributed by atoms with Crippen molar-refractivity contribution in [2.45, 2.75) is 24.0 Å². The Morgan fingerprint density at radius 3 is 3.00 bits per heavy atom. The van der Waals surface area contributed by atoms with Crippen molar-refractivity contribution in [3.8, 4) is 11.5 Å². The first kappa shape index (κ1) is 11.3. The summed E-state index contributed by atoms with van der Waals surface area (Å²) in [4.78, 5) is 10.6. The van der Waals surface area contributed by atoms with Crippen molar-refractivity contribution in [3.05, 3.63) is 12.3 Å². The van der Waals surface area contributed by atoms with Crippen LogP contribution in [-0.4, -0.2) is 41.8 Å². The Morgan fingerprint density at radius 2 is 2.39 bits per heavy atom. The van der Waals surface area contributed by atoms with E-state index in [0.717, 1.165) is 24.4 Å². The molecule has 7 nitrogen and oxygen atoms in total. The second-order valence-electron chi connectivity index (χ2n) is 4.06. The van der Waals surface area contributed by atoms with Crippen LogP contribution in [0.4, 0.5) is 0 Å². The van der Waals surface area contributed by atoms with Gasteiger partial charge >= 0.3 is 5.97 Å². The van der Waals surface area contributed by atoms with Gasteiger partial charge in [-0.25, -0.2) is 0 Å². The van der Waals surface area contributed by atoms with Gasteiger partial charge in [0.1, 0.15) is 5.69 Å². The molecule has 8 heteroatoms. The highest BCUT2D eigenvalue weighted by Crippen LogP contribution is 2.40. The Balaban J connectivity index is 1.93. The summed E-state index contributed by atoms with van der Waals surface area (Å²) in [6.45, 7) is 0. The minimum Gasteiger partial charge on any atom is -0.481 e. The Kier molecular flexibility index (Phi) is 2.78. The number of carboxylic acids is 1. The Bertz CT molecular complexity index is 561. The van der Waals surface area contributed by atoms with Gasteiger partial charge in [-0.1, -0.05) is 11.8 Å². The summed E-state index contributed by atoms with van der Waals surface area (Å²) in [5.74, 6) is -0.135. The van der Waals surface area contributed by atoms with Crippen molar-refractivity contribution in [3.63, 3.8) is 0 Å². The topological polar surface area (TPSA) is 96.7 Å². The van der Waals surface area contributed by atoms with E-state index in [2.05, 4.69) is 20.4 Å². The van der Waals surface area contributed by atoms with E-state index in [4.69, 9.17) is 5.11 Å². The van der Waals surface area contributed by atoms with Gasteiger partial charge in [-0.15, -0.1) is 10.2 Å². The number of H-pyrrole nitrogens is 1. The molecule has 0 amide bonds. The fraction of sp³-hybridized carbons (Fsp3) is 0.400. The van der Waals surface area contributed by atoms with E-state index < -0.39 is 5.97 Å². The van der Waals surface area contributed by atoms with Gasteiger partial charge in [-0.2, -0.15) is 5.10 Å². The number of nitrogens with one attached hydrogen (secondary N) is 1. The van der Waals surface area contributed by atoms with E-state index in [1.807, 2.05) is 10.6 Å². The van der Waals surface area contributed by atoms with Gasteiger partial charge in [-0.05, 0) is 18.9 Å². The zero-order valence-electron chi connectivity index (χ0n) is 9.41. The molecule has 1 fully saturated rings. The highest BCUT2D eigenvalue weighted by Gasteiger charge is 2.30. The third-order valence-corrected chi connectivity index (χ3v) is 3.57. The fourth-order valence-corrected chi connectivity index (χ4v) is 2.45. The molecule has 1 aliphatic carbocycles. The molecule has 0 aromatic carbocycles. The number of aromatic amines is 1. The zero-order chi connectivity index (χ0) is 12.5. The summed E-state index contributed by atoms with van der Waals surface area (Å²) in [5, 5.41) is 24.3. The van der Waals surface area contributed by atoms with Gasteiger partial charge in [0.05, 0.1) is 5.75 Å². The van der Waals surface area contributed by atoms with Crippen molar-refractivity contribution in [2.24, 2.45) is 0 Å². The zero-order valence-corrected chi connectivity index (χ0v) is 10.2. The first-order valence-electron chi connectivity index (χ1n) is 5.55. The van der Waals surface area contributed by atoms with Crippen molar-refractivity contribution in [1.82, 2.24) is 25.0 Å². The van der Waals surface area contributed by atoms with Crippen molar-refractivity contribution in [2.75, 3.05) is 5.75 Å². The van der Waals surface area contributed by atoms with Crippen LogP contribution in [0.3, 0.4) is 0 Å². The number of hydrogen-bond acceptors (Lipinski definition) is 5. The number of aromatic nitrogens is 5. The molecule has 2 aromatic heterocycles. The highest BCUT2D eigenvalue weighted by molar-refractivity contribution is 7.99. The molecule has 0 radical (unpaired) electrons. The fourth-order valence-electron chi connectivity index (χ4n) is 1.73. The molecule has 0 spiro atoms. The van der Waals surface area contributed by atoms with Gasteiger partial charge in [0.25, 0.3) is 0 Å². The average molecular weight is 265 g/mol. The quantitative estimate of drug-likeness (QED) is 0.788. The van der Waals surface area contributed by atoms with Crippen LogP contribution in [0.15, 0.2) is 17.4 Å². The summed E-state index contributed by atoms with van der Waals surface area (Å²) >= 11 is 1.20. The maximum atomic E-state index is 10.6. The van der Waals surface area contributed by atoms with Crippen LogP contribution in [0.1, 0.15) is 18.9 Å². The molecule has 1 saturated carbocycles. The summed E-state index contributed by atoms with van der Waals surface area (Å²) in [7, 11) is 0. The third kappa shape index (κ3) is 2.10. The van der Waals surface area contributed by atoms with E-state index in [0.29, 0.717) is 11.2 Å². The summed E-state index contributed by atoms with van der Waals surface area (Å²) in [5.41, 5.74) is 0.802. The second kappa shape index (κ2) is 4.45. The lowest BCUT2D eigenvalue weighted by Gasteiger charge is -2.06. The number of thioether (sulfide) groups is 1. The number of aliphatic carboxylic acids is 1. The molecule has 18 heavy (non-hydrogen) atoms. The normalized spacial score (nSPS) is 14.9. The Hall–Kier alpha value is -1.83. The van der Waals surface area contributed by atoms with Crippen molar-refractivity contribution < 1.29 is 9.90 Å². The van der Waals surface area contributed by atoms with Crippen LogP contribution in [0.2, 0.25) is 0 Å². The minimum absolute atomic E-state index is 0.00612. The molecule has 0 saturated heterocycles. The predicted octanol–water partition coefficient (Wildman–Crippen LogP) is 1.18. The van der Waals surface area contributed by atoms with E-state index in [1.165, 1.54) is 11.8 Å². The molecular formula is C10H11N5O2S. The molecule has 0 bridgehead atoms. The summed E-state index contributed by atoms with van der Waals surface area (Å²) in [6.07, 6.45) is 3.82. The van der Waals surface area contributed by atoms with Gasteiger partial charge in [0.15, 0.2) is 11.0 Å². The van der Waals surface area contributed by atoms with E-state index in [9.17, 15) is 4.79 Å². The van der Waals surface area contributed by atoms with Crippen LogP contribution in [0, 0.1) is 0 Å². The smallest absolute Gasteiger partial charge is 0.313 e. The van der Waals surface area contributed by atoms with Crippen LogP contribution < -0.4 is 0 Å². The molecule has 0 unspecified atom stereocenters. The Morgan fingerprint density at radius 1 is 1.56 bits per heavy atom. The summed E-state index contributed by atoms with van der Waals surface area (Å²) in [6, 6.07) is 2.21.